The zero-order valence-corrected chi connectivity index (χ0v) is 16.0. The molecule has 1 aromatic carbocycles. The second-order valence-corrected chi connectivity index (χ2v) is 7.74. The van der Waals surface area contributed by atoms with E-state index in [0.717, 1.165) is 34.9 Å². The number of aromatic amines is 1. The van der Waals surface area contributed by atoms with Gasteiger partial charge in [-0.1, -0.05) is 6.07 Å². The number of benzene rings is 1. The Morgan fingerprint density at radius 3 is 2.63 bits per heavy atom. The minimum Gasteiger partial charge on any atom is -0.366 e. The molecule has 1 unspecified atom stereocenters. The number of aromatic nitrogens is 2. The van der Waals surface area contributed by atoms with Crippen LogP contribution in [0.3, 0.4) is 0 Å². The Kier molecular flexibility index (Phi) is 4.35. The summed E-state index contributed by atoms with van der Waals surface area (Å²) in [5, 5.41) is 15.8. The minimum absolute atomic E-state index is 0.0992. The molecule has 0 bridgehead atoms. The van der Waals surface area contributed by atoms with Crippen molar-refractivity contribution in [1.82, 2.24) is 25.7 Å². The molecule has 2 fully saturated rings. The Bertz CT molecular complexity index is 1070. The highest BCUT2D eigenvalue weighted by Gasteiger charge is 2.44. The van der Waals surface area contributed by atoms with Gasteiger partial charge in [0.25, 0.3) is 11.8 Å². The first-order chi connectivity index (χ1) is 14.5. The van der Waals surface area contributed by atoms with Crippen LogP contribution in [0.2, 0.25) is 0 Å². The first kappa shape index (κ1) is 18.5. The Hall–Kier alpha value is -3.53. The number of piperidine rings is 1. The van der Waals surface area contributed by atoms with Crippen LogP contribution in [0.15, 0.2) is 24.4 Å². The van der Waals surface area contributed by atoms with Gasteiger partial charge < -0.3 is 10.6 Å². The number of nitrogens with one attached hydrogen (secondary N) is 4. The molecule has 0 radical (unpaired) electrons. The fourth-order valence-electron chi connectivity index (χ4n) is 4.07. The van der Waals surface area contributed by atoms with Crippen molar-refractivity contribution >= 4 is 29.4 Å². The summed E-state index contributed by atoms with van der Waals surface area (Å²) >= 11 is 0. The predicted octanol–water partition coefficient (Wildman–Crippen LogP) is 0.110. The quantitative estimate of drug-likeness (QED) is 0.516. The number of imide groups is 2. The minimum atomic E-state index is -0.958. The molecule has 154 valence electrons. The Balaban J connectivity index is 1.33. The molecule has 2 aromatic rings. The van der Waals surface area contributed by atoms with E-state index in [1.807, 2.05) is 6.20 Å². The summed E-state index contributed by atoms with van der Waals surface area (Å²) in [6.07, 6.45) is 2.06. The van der Waals surface area contributed by atoms with Crippen molar-refractivity contribution in [3.05, 3.63) is 46.6 Å². The first-order valence-electron chi connectivity index (χ1n) is 9.85. The summed E-state index contributed by atoms with van der Waals surface area (Å²) in [5.74, 6) is -0.745. The van der Waals surface area contributed by atoms with E-state index in [-0.39, 0.29) is 24.0 Å². The summed E-state index contributed by atoms with van der Waals surface area (Å²) in [6, 6.07) is 4.11. The van der Waals surface area contributed by atoms with Gasteiger partial charge >= 0.3 is 0 Å². The number of rotatable bonds is 5. The number of amides is 4. The van der Waals surface area contributed by atoms with E-state index in [9.17, 15) is 19.2 Å². The number of nitrogens with zero attached hydrogens (tertiary/aromatic N) is 2. The molecule has 10 heteroatoms. The molecule has 2 saturated heterocycles. The molecule has 0 saturated carbocycles. The van der Waals surface area contributed by atoms with Crippen LogP contribution in [-0.2, 0) is 16.1 Å². The fraction of sp³-hybridized carbons (Fsp3) is 0.350. The maximum atomic E-state index is 12.9. The molecule has 5 rings (SSSR count). The molecule has 4 amide bonds. The van der Waals surface area contributed by atoms with Gasteiger partial charge in [0.2, 0.25) is 11.8 Å². The predicted molar refractivity (Wildman–Crippen MR) is 105 cm³/mol. The second-order valence-electron chi connectivity index (χ2n) is 7.74. The second kappa shape index (κ2) is 7.06. The van der Waals surface area contributed by atoms with Crippen molar-refractivity contribution in [2.75, 3.05) is 18.4 Å². The van der Waals surface area contributed by atoms with Crippen molar-refractivity contribution < 1.29 is 19.2 Å². The lowest BCUT2D eigenvalue weighted by Crippen LogP contribution is -2.54. The van der Waals surface area contributed by atoms with Gasteiger partial charge in [-0.2, -0.15) is 5.10 Å². The molecule has 3 aliphatic rings. The lowest BCUT2D eigenvalue weighted by molar-refractivity contribution is -0.136. The van der Waals surface area contributed by atoms with Crippen LogP contribution in [0.5, 0.6) is 0 Å². The number of fused-ring (bicyclic) bond motifs is 1. The van der Waals surface area contributed by atoms with Crippen molar-refractivity contribution in [3.63, 3.8) is 0 Å². The normalized spacial score (nSPS) is 21.5. The van der Waals surface area contributed by atoms with E-state index in [0.29, 0.717) is 12.5 Å². The summed E-state index contributed by atoms with van der Waals surface area (Å²) < 4.78 is 0. The molecule has 30 heavy (non-hydrogen) atoms. The Morgan fingerprint density at radius 2 is 1.90 bits per heavy atom. The van der Waals surface area contributed by atoms with E-state index < -0.39 is 29.7 Å². The van der Waals surface area contributed by atoms with Crippen LogP contribution in [0, 0.1) is 0 Å². The third-order valence-electron chi connectivity index (χ3n) is 5.86. The summed E-state index contributed by atoms with van der Waals surface area (Å²) in [6.45, 7) is 2.28. The van der Waals surface area contributed by atoms with Gasteiger partial charge in [0.05, 0.1) is 17.3 Å². The van der Waals surface area contributed by atoms with Crippen molar-refractivity contribution in [1.29, 1.82) is 0 Å². The highest BCUT2D eigenvalue weighted by atomic mass is 16.2. The average Bonchev–Trinajstić information content (AvgIpc) is 3.23. The SMILES string of the molecule is O=C1CCC(N2C(=O)c3ccc(CNc4[nH]ncc4C4CNC4)cc3C2=O)C(=O)N1. The van der Waals surface area contributed by atoms with Gasteiger partial charge in [-0.25, -0.2) is 0 Å². The van der Waals surface area contributed by atoms with Gasteiger partial charge in [-0.3, -0.25) is 34.5 Å². The van der Waals surface area contributed by atoms with Gasteiger partial charge in [-0.05, 0) is 24.1 Å². The first-order valence-corrected chi connectivity index (χ1v) is 9.85. The van der Waals surface area contributed by atoms with E-state index in [1.165, 1.54) is 0 Å². The maximum absolute atomic E-state index is 12.9. The topological polar surface area (TPSA) is 136 Å². The zero-order valence-electron chi connectivity index (χ0n) is 16.0. The number of hydrogen-bond acceptors (Lipinski definition) is 7. The molecule has 4 heterocycles. The number of H-pyrrole nitrogens is 1. The molecule has 3 aliphatic heterocycles. The summed E-state index contributed by atoms with van der Waals surface area (Å²) in [7, 11) is 0. The Morgan fingerprint density at radius 1 is 1.10 bits per heavy atom. The third kappa shape index (κ3) is 2.96. The molecule has 0 spiro atoms. The standard InChI is InChI=1S/C20H20N6O4/c27-16-4-3-15(18(28)24-16)26-19(29)12-2-1-10(5-13(12)20(26)30)6-22-17-14(9-23-25-17)11-7-21-8-11/h1-2,5,9,11,15,21H,3-4,6-8H2,(H2,22,23,25)(H,24,27,28). The van der Waals surface area contributed by atoms with Crippen molar-refractivity contribution in [3.8, 4) is 0 Å². The lowest BCUT2D eigenvalue weighted by atomic mass is 9.96. The van der Waals surface area contributed by atoms with Gasteiger partial charge in [-0.15, -0.1) is 0 Å². The largest absolute Gasteiger partial charge is 0.366 e. The lowest BCUT2D eigenvalue weighted by Gasteiger charge is -2.27. The highest BCUT2D eigenvalue weighted by molar-refractivity contribution is 6.23. The number of hydrogen-bond donors (Lipinski definition) is 4. The molecular formula is C20H20N6O4. The van der Waals surface area contributed by atoms with E-state index in [1.54, 1.807) is 18.2 Å². The van der Waals surface area contributed by atoms with Crippen LogP contribution in [-0.4, -0.2) is 57.9 Å². The molecule has 0 aliphatic carbocycles. The van der Waals surface area contributed by atoms with Crippen LogP contribution in [0.25, 0.3) is 0 Å². The summed E-state index contributed by atoms with van der Waals surface area (Å²) in [5.41, 5.74) is 2.49. The number of carbonyl (C=O) groups excluding carboxylic acids is 4. The van der Waals surface area contributed by atoms with Gasteiger partial charge in [0, 0.05) is 37.5 Å². The van der Waals surface area contributed by atoms with Crippen LogP contribution in [0.1, 0.15) is 50.6 Å². The molecular weight excluding hydrogens is 388 g/mol. The highest BCUT2D eigenvalue weighted by Crippen LogP contribution is 2.29. The molecule has 4 N–H and O–H groups in total. The van der Waals surface area contributed by atoms with E-state index >= 15 is 0 Å². The van der Waals surface area contributed by atoms with Gasteiger partial charge in [0.1, 0.15) is 11.9 Å². The maximum Gasteiger partial charge on any atom is 0.262 e. The third-order valence-corrected chi connectivity index (χ3v) is 5.86. The monoisotopic (exact) mass is 408 g/mol. The van der Waals surface area contributed by atoms with E-state index in [2.05, 4.69) is 26.1 Å². The molecule has 10 nitrogen and oxygen atoms in total. The Labute approximate surface area is 171 Å². The average molecular weight is 408 g/mol. The van der Waals surface area contributed by atoms with Gasteiger partial charge in [0.15, 0.2) is 0 Å². The summed E-state index contributed by atoms with van der Waals surface area (Å²) in [4.78, 5) is 50.2. The van der Waals surface area contributed by atoms with Crippen LogP contribution < -0.4 is 16.0 Å². The zero-order chi connectivity index (χ0) is 20.8. The smallest absolute Gasteiger partial charge is 0.262 e. The van der Waals surface area contributed by atoms with Crippen molar-refractivity contribution in [2.24, 2.45) is 0 Å². The molecule has 1 atom stereocenters. The van der Waals surface area contributed by atoms with E-state index in [4.69, 9.17) is 0 Å². The number of carbonyl (C=O) groups is 4. The molecule has 1 aromatic heterocycles. The van der Waals surface area contributed by atoms with Crippen LogP contribution in [0.4, 0.5) is 5.82 Å². The fourth-order valence-corrected chi connectivity index (χ4v) is 4.07. The van der Waals surface area contributed by atoms with Crippen LogP contribution >= 0.6 is 0 Å². The van der Waals surface area contributed by atoms with Crippen molar-refractivity contribution in [2.45, 2.75) is 31.3 Å². The number of anilines is 1.